The van der Waals surface area contributed by atoms with E-state index in [1.165, 1.54) is 11.3 Å². The normalized spacial score (nSPS) is 13.1. The molecule has 0 atom stereocenters. The maximum Gasteiger partial charge on any atom is 0.490 e. The van der Waals surface area contributed by atoms with Gasteiger partial charge in [-0.15, -0.1) is 11.3 Å². The molecule has 1 aliphatic heterocycles. The van der Waals surface area contributed by atoms with Crippen molar-refractivity contribution < 1.29 is 42.4 Å². The third kappa shape index (κ3) is 6.98. The van der Waals surface area contributed by atoms with E-state index in [1.54, 1.807) is 38.0 Å². The molecule has 2 N–H and O–H groups in total. The monoisotopic (exact) mass is 538 g/mol. The van der Waals surface area contributed by atoms with Crippen molar-refractivity contribution in [2.24, 2.45) is 0 Å². The first kappa shape index (κ1) is 27.9. The Morgan fingerprint density at radius 2 is 1.84 bits per heavy atom. The lowest BCUT2D eigenvalue weighted by atomic mass is 10.1. The summed E-state index contributed by atoms with van der Waals surface area (Å²) < 4.78 is 42.9. The number of nitrogens with zero attached hydrogens (tertiary/aromatic N) is 2. The summed E-state index contributed by atoms with van der Waals surface area (Å²) in [7, 11) is 1.56. The molecule has 0 saturated heterocycles. The van der Waals surface area contributed by atoms with Crippen molar-refractivity contribution in [3.8, 4) is 21.9 Å². The van der Waals surface area contributed by atoms with Crippen LogP contribution in [0, 0.1) is 6.92 Å². The van der Waals surface area contributed by atoms with Crippen LogP contribution >= 0.6 is 11.3 Å². The molecule has 0 fully saturated rings. The second-order valence-electron chi connectivity index (χ2n) is 8.78. The highest BCUT2D eigenvalue weighted by atomic mass is 32.1. The predicted molar refractivity (Wildman–Crippen MR) is 131 cm³/mol. The van der Waals surface area contributed by atoms with E-state index in [9.17, 15) is 23.1 Å². The average Bonchev–Trinajstić information content (AvgIpc) is 3.36. The largest absolute Gasteiger partial charge is 0.493 e. The molecule has 0 radical (unpaired) electrons. The maximum absolute atomic E-state index is 13.1. The number of carboxylic acid groups (broad SMARTS) is 1. The Morgan fingerprint density at radius 3 is 2.35 bits per heavy atom. The maximum atomic E-state index is 13.1. The van der Waals surface area contributed by atoms with Gasteiger partial charge in [-0.25, -0.2) is 4.79 Å². The molecule has 1 aliphatic rings. The first-order chi connectivity index (χ1) is 17.2. The quantitative estimate of drug-likeness (QED) is 0.451. The molecule has 0 unspecified atom stereocenters. The van der Waals surface area contributed by atoms with Crippen LogP contribution in [0.3, 0.4) is 0 Å². The van der Waals surface area contributed by atoms with Gasteiger partial charge in [0.05, 0.1) is 24.1 Å². The zero-order chi connectivity index (χ0) is 27.5. The van der Waals surface area contributed by atoms with Gasteiger partial charge in [-0.1, -0.05) is 6.07 Å². The van der Waals surface area contributed by atoms with Crippen LogP contribution in [0.5, 0.6) is 11.5 Å². The standard InChI is InChI=1S/C23H24N2O4S.C2HF3O2/c1-14-5-6-15(11-24-14)20-9-16-12-25(22(26)21(16)30-20)17-7-8-18(19(10-17)28-4)29-13-23(2,3)27;3-2(4,5)1(6)7/h5-11,27H,12-13H2,1-4H3;(H,6,7). The number of methoxy groups -OCH3 is 1. The lowest BCUT2D eigenvalue weighted by Gasteiger charge is -2.21. The fourth-order valence-electron chi connectivity index (χ4n) is 3.25. The van der Waals surface area contributed by atoms with Gasteiger partial charge in [0.1, 0.15) is 6.61 Å². The molecule has 12 heteroatoms. The number of amides is 1. The first-order valence-corrected chi connectivity index (χ1v) is 11.7. The molecule has 8 nitrogen and oxygen atoms in total. The summed E-state index contributed by atoms with van der Waals surface area (Å²) in [6.45, 7) is 5.96. The fraction of sp³-hybridized carbons (Fsp3) is 0.320. The van der Waals surface area contributed by atoms with Gasteiger partial charge in [-0.3, -0.25) is 9.78 Å². The Kier molecular flexibility index (Phi) is 8.13. The number of ether oxygens (including phenoxy) is 2. The van der Waals surface area contributed by atoms with Crippen LogP contribution in [-0.4, -0.2) is 52.6 Å². The second-order valence-corrected chi connectivity index (χ2v) is 9.84. The van der Waals surface area contributed by atoms with Crippen LogP contribution < -0.4 is 14.4 Å². The number of carboxylic acids is 1. The van der Waals surface area contributed by atoms with Crippen LogP contribution in [0.1, 0.15) is 34.8 Å². The van der Waals surface area contributed by atoms with Crippen molar-refractivity contribution in [1.29, 1.82) is 0 Å². The SMILES string of the molecule is COc1cc(N2Cc3cc(-c4ccc(C)nc4)sc3C2=O)ccc1OCC(C)(C)O.O=C(O)C(F)(F)F. The van der Waals surface area contributed by atoms with Crippen molar-refractivity contribution in [3.05, 3.63) is 58.7 Å². The molecule has 4 rings (SSSR count). The van der Waals surface area contributed by atoms with E-state index >= 15 is 0 Å². The lowest BCUT2D eigenvalue weighted by molar-refractivity contribution is -0.192. The predicted octanol–water partition coefficient (Wildman–Crippen LogP) is 5.07. The molecule has 1 aromatic carbocycles. The molecular formula is C25H25F3N2O6S. The first-order valence-electron chi connectivity index (χ1n) is 10.9. The average molecular weight is 539 g/mol. The number of aliphatic carboxylic acids is 1. The second kappa shape index (κ2) is 10.8. The van der Waals surface area contributed by atoms with Gasteiger partial charge in [0, 0.05) is 34.1 Å². The van der Waals surface area contributed by atoms with Gasteiger partial charge >= 0.3 is 12.1 Å². The van der Waals surface area contributed by atoms with E-state index in [0.29, 0.717) is 18.0 Å². The molecule has 0 bridgehead atoms. The van der Waals surface area contributed by atoms with E-state index in [4.69, 9.17) is 19.4 Å². The fourth-order valence-corrected chi connectivity index (χ4v) is 4.37. The number of hydrogen-bond acceptors (Lipinski definition) is 7. The molecule has 2 aromatic heterocycles. The number of fused-ring (bicyclic) bond motifs is 1. The van der Waals surface area contributed by atoms with Crippen molar-refractivity contribution in [2.45, 2.75) is 39.1 Å². The van der Waals surface area contributed by atoms with Crippen molar-refractivity contribution in [3.63, 3.8) is 0 Å². The summed E-state index contributed by atoms with van der Waals surface area (Å²) in [6, 6.07) is 11.5. The van der Waals surface area contributed by atoms with Crippen molar-refractivity contribution in [2.75, 3.05) is 18.6 Å². The van der Waals surface area contributed by atoms with Crippen LogP contribution in [0.15, 0.2) is 42.6 Å². The van der Waals surface area contributed by atoms with Gasteiger partial charge in [-0.05, 0) is 50.6 Å². The number of carbonyl (C=O) groups is 2. The van der Waals surface area contributed by atoms with Crippen molar-refractivity contribution >= 4 is 28.9 Å². The number of halogens is 3. The summed E-state index contributed by atoms with van der Waals surface area (Å²) in [6.07, 6.45) is -3.24. The summed E-state index contributed by atoms with van der Waals surface area (Å²) in [5.41, 5.74) is 2.80. The molecule has 3 heterocycles. The number of pyridine rings is 1. The number of hydrogen-bond donors (Lipinski definition) is 2. The van der Waals surface area contributed by atoms with E-state index in [-0.39, 0.29) is 12.5 Å². The van der Waals surface area contributed by atoms with E-state index < -0.39 is 17.7 Å². The van der Waals surface area contributed by atoms with Gasteiger partial charge in [0.2, 0.25) is 0 Å². The molecule has 0 saturated carbocycles. The Bertz CT molecular complexity index is 1280. The smallest absolute Gasteiger partial charge is 0.490 e. The van der Waals surface area contributed by atoms with Crippen molar-refractivity contribution in [1.82, 2.24) is 4.98 Å². The number of rotatable bonds is 6. The minimum atomic E-state index is -5.08. The lowest BCUT2D eigenvalue weighted by Crippen LogP contribution is -2.28. The topological polar surface area (TPSA) is 109 Å². The highest BCUT2D eigenvalue weighted by Gasteiger charge is 2.38. The minimum absolute atomic E-state index is 0.0199. The third-order valence-corrected chi connectivity index (χ3v) is 6.27. The van der Waals surface area contributed by atoms with E-state index in [1.807, 2.05) is 31.3 Å². The number of aryl methyl sites for hydroxylation is 1. The summed E-state index contributed by atoms with van der Waals surface area (Å²) in [5, 5.41) is 17.0. The number of benzene rings is 1. The van der Waals surface area contributed by atoms with Gasteiger partial charge in [0.15, 0.2) is 11.5 Å². The third-order valence-electron chi connectivity index (χ3n) is 5.06. The molecule has 0 spiro atoms. The highest BCUT2D eigenvalue weighted by Crippen LogP contribution is 2.40. The highest BCUT2D eigenvalue weighted by molar-refractivity contribution is 7.17. The van der Waals surface area contributed by atoms with E-state index in [2.05, 4.69) is 11.1 Å². The van der Waals surface area contributed by atoms with Gasteiger partial charge in [0.25, 0.3) is 5.91 Å². The number of thiophene rings is 1. The molecule has 0 aliphatic carbocycles. The van der Waals surface area contributed by atoms with Gasteiger partial charge in [-0.2, -0.15) is 13.2 Å². The zero-order valence-electron chi connectivity index (χ0n) is 20.4. The number of anilines is 1. The summed E-state index contributed by atoms with van der Waals surface area (Å²) in [5.74, 6) is -1.73. The van der Waals surface area contributed by atoms with E-state index in [0.717, 1.165) is 32.3 Å². The number of aromatic nitrogens is 1. The molecule has 37 heavy (non-hydrogen) atoms. The molecule has 3 aromatic rings. The van der Waals surface area contributed by atoms with Crippen LogP contribution in [0.2, 0.25) is 0 Å². The number of carbonyl (C=O) groups excluding carboxylic acids is 1. The number of aliphatic hydroxyl groups is 1. The molecular weight excluding hydrogens is 513 g/mol. The molecule has 198 valence electrons. The minimum Gasteiger partial charge on any atom is -0.493 e. The van der Waals surface area contributed by atoms with Crippen LogP contribution in [0.4, 0.5) is 18.9 Å². The van der Waals surface area contributed by atoms with Gasteiger partial charge < -0.3 is 24.6 Å². The van der Waals surface area contributed by atoms with Crippen LogP contribution in [0.25, 0.3) is 10.4 Å². The zero-order valence-corrected chi connectivity index (χ0v) is 21.2. The summed E-state index contributed by atoms with van der Waals surface area (Å²) >= 11 is 1.50. The molecule has 1 amide bonds. The Morgan fingerprint density at radius 1 is 1.16 bits per heavy atom. The van der Waals surface area contributed by atoms with Crippen LogP contribution in [-0.2, 0) is 11.3 Å². The Labute approximate surface area is 214 Å². The Balaban J connectivity index is 0.000000479. The number of alkyl halides is 3. The summed E-state index contributed by atoms with van der Waals surface area (Å²) in [4.78, 5) is 29.8. The Hall–Kier alpha value is -3.64.